The number of hydrogen-bond donors (Lipinski definition) is 1. The third-order valence-electron chi connectivity index (χ3n) is 9.39. The van der Waals surface area contributed by atoms with Gasteiger partial charge >= 0.3 is 5.76 Å². The van der Waals surface area contributed by atoms with E-state index in [4.69, 9.17) is 9.26 Å². The molecule has 0 spiro atoms. The molecule has 0 saturated heterocycles. The van der Waals surface area contributed by atoms with Crippen molar-refractivity contribution in [1.82, 2.24) is 29.3 Å². The van der Waals surface area contributed by atoms with Gasteiger partial charge in [-0.1, -0.05) is 67.0 Å². The zero-order chi connectivity index (χ0) is 33.2. The number of Topliss-reactive ketones (excluding diaryl/α,β-unsaturated/α-hetero) is 1. The minimum Gasteiger partial charge on any atom is -0.497 e. The second-order valence-electron chi connectivity index (χ2n) is 12.3. The molecule has 0 unspecified atom stereocenters. The van der Waals surface area contributed by atoms with Crippen LogP contribution in [-0.2, 0) is 12.8 Å². The van der Waals surface area contributed by atoms with Gasteiger partial charge in [-0.25, -0.2) is 9.31 Å². The van der Waals surface area contributed by atoms with Gasteiger partial charge in [-0.15, -0.1) is 0 Å². The Kier molecular flexibility index (Phi) is 8.58. The number of fused-ring (bicyclic) bond motifs is 1. The highest BCUT2D eigenvalue weighted by Gasteiger charge is 2.31. The van der Waals surface area contributed by atoms with E-state index in [1.54, 1.807) is 7.11 Å². The maximum atomic E-state index is 14.4. The normalized spacial score (nSPS) is 16.3. The van der Waals surface area contributed by atoms with Gasteiger partial charge in [0.05, 0.1) is 12.8 Å². The average Bonchev–Trinajstić information content (AvgIpc) is 3.79. The first kappa shape index (κ1) is 31.0. The minimum absolute atomic E-state index is 0.0479. The highest BCUT2D eigenvalue weighted by Crippen LogP contribution is 2.35. The first-order valence-electron chi connectivity index (χ1n) is 16.3. The third kappa shape index (κ3) is 5.87. The number of carbonyl (C=O) groups is 1. The molecule has 0 amide bonds. The second kappa shape index (κ2) is 13.3. The van der Waals surface area contributed by atoms with Crippen molar-refractivity contribution in [3.05, 3.63) is 122 Å². The summed E-state index contributed by atoms with van der Waals surface area (Å²) in [5.41, 5.74) is 5.79. The van der Waals surface area contributed by atoms with Crippen LogP contribution in [0.1, 0.15) is 72.2 Å². The summed E-state index contributed by atoms with van der Waals surface area (Å²) in [5, 5.41) is 8.44. The number of aryl methyl sites for hydroxylation is 1. The summed E-state index contributed by atoms with van der Waals surface area (Å²) in [6.45, 7) is 2.09. The van der Waals surface area contributed by atoms with Gasteiger partial charge in [0.25, 0.3) is 5.56 Å². The number of rotatable bonds is 10. The molecule has 244 valence electrons. The van der Waals surface area contributed by atoms with Gasteiger partial charge < -0.3 is 4.74 Å². The zero-order valence-electron chi connectivity index (χ0n) is 26.9. The molecular formula is C37H36N6O5. The number of aromatic nitrogens is 6. The Balaban J connectivity index is 1.17. The number of carbonyl (C=O) groups excluding carboxylic acids is 1. The van der Waals surface area contributed by atoms with Crippen molar-refractivity contribution in [2.24, 2.45) is 5.92 Å². The van der Waals surface area contributed by atoms with Crippen LogP contribution in [0, 0.1) is 5.92 Å². The Morgan fingerprint density at radius 2 is 1.69 bits per heavy atom. The number of hydrogen-bond acceptors (Lipinski definition) is 8. The van der Waals surface area contributed by atoms with Gasteiger partial charge in [-0.2, -0.15) is 10.1 Å². The van der Waals surface area contributed by atoms with Gasteiger partial charge in [0.1, 0.15) is 12.1 Å². The fourth-order valence-corrected chi connectivity index (χ4v) is 6.96. The second-order valence-corrected chi connectivity index (χ2v) is 12.3. The van der Waals surface area contributed by atoms with Crippen molar-refractivity contribution < 1.29 is 14.1 Å². The number of nitrogens with zero attached hydrogens (tertiary/aromatic N) is 5. The molecule has 1 aliphatic rings. The van der Waals surface area contributed by atoms with Crippen LogP contribution in [0.4, 0.5) is 0 Å². The van der Waals surface area contributed by atoms with Crippen LogP contribution in [0.2, 0.25) is 0 Å². The standard InChI is InChI=1S/C37H36N6O5/c1-3-6-32-31(21-23-9-11-24(12-10-23)29-7-4-5-8-30(29)34-40-37(46)48-41-34)35(45)42(36-38-22-39-43(32)36)27-17-13-25(14-18-27)33(44)26-15-19-28(47-2)20-16-26/h4-5,7-12,15-16,19-20,22,25,27H,3,6,13-14,17-18,21H2,1-2H3,(H,40,41,46). The summed E-state index contributed by atoms with van der Waals surface area (Å²) >= 11 is 0. The number of ketones is 1. The van der Waals surface area contributed by atoms with Crippen LogP contribution < -0.4 is 16.1 Å². The average molecular weight is 645 g/mol. The summed E-state index contributed by atoms with van der Waals surface area (Å²) in [4.78, 5) is 46.5. The van der Waals surface area contributed by atoms with Gasteiger partial charge in [0.15, 0.2) is 11.6 Å². The molecule has 7 rings (SSSR count). The first-order chi connectivity index (χ1) is 23.4. The van der Waals surface area contributed by atoms with E-state index in [2.05, 4.69) is 27.1 Å². The molecule has 6 aromatic rings. The van der Waals surface area contributed by atoms with E-state index in [1.165, 1.54) is 6.33 Å². The van der Waals surface area contributed by atoms with E-state index in [1.807, 2.05) is 81.9 Å². The number of H-pyrrole nitrogens is 1. The lowest BCUT2D eigenvalue weighted by atomic mass is 9.81. The predicted molar refractivity (Wildman–Crippen MR) is 180 cm³/mol. The highest BCUT2D eigenvalue weighted by atomic mass is 16.5. The number of nitrogens with one attached hydrogen (secondary N) is 1. The molecule has 3 aromatic carbocycles. The molecule has 0 aliphatic heterocycles. The van der Waals surface area contributed by atoms with Gasteiger partial charge in [0, 0.05) is 35.1 Å². The molecule has 0 atom stereocenters. The fourth-order valence-electron chi connectivity index (χ4n) is 6.96. The molecule has 48 heavy (non-hydrogen) atoms. The van der Waals surface area contributed by atoms with E-state index < -0.39 is 5.76 Å². The summed E-state index contributed by atoms with van der Waals surface area (Å²) in [5.74, 6) is 1.07. The van der Waals surface area contributed by atoms with Crippen LogP contribution in [0.3, 0.4) is 0 Å². The predicted octanol–water partition coefficient (Wildman–Crippen LogP) is 6.07. The summed E-state index contributed by atoms with van der Waals surface area (Å²) < 4.78 is 13.6. The van der Waals surface area contributed by atoms with Crippen LogP contribution in [0.15, 0.2) is 93.2 Å². The topological polar surface area (TPSA) is 137 Å². The quantitative estimate of drug-likeness (QED) is 0.178. The first-order valence-corrected chi connectivity index (χ1v) is 16.3. The summed E-state index contributed by atoms with van der Waals surface area (Å²) in [7, 11) is 1.61. The molecule has 3 aromatic heterocycles. The number of benzene rings is 3. The molecule has 0 radical (unpaired) electrons. The molecule has 3 heterocycles. The number of aromatic amines is 1. The van der Waals surface area contributed by atoms with Crippen molar-refractivity contribution >= 4 is 11.6 Å². The fraction of sp³-hybridized carbons (Fsp3) is 0.297. The van der Waals surface area contributed by atoms with E-state index in [-0.39, 0.29) is 23.3 Å². The van der Waals surface area contributed by atoms with Crippen molar-refractivity contribution in [3.8, 4) is 28.3 Å². The lowest BCUT2D eigenvalue weighted by Gasteiger charge is -2.30. The Morgan fingerprint density at radius 3 is 2.35 bits per heavy atom. The molecule has 1 saturated carbocycles. The van der Waals surface area contributed by atoms with Gasteiger partial charge in [-0.3, -0.25) is 23.7 Å². The maximum absolute atomic E-state index is 14.4. The maximum Gasteiger partial charge on any atom is 0.439 e. The minimum atomic E-state index is -0.608. The monoisotopic (exact) mass is 644 g/mol. The van der Waals surface area contributed by atoms with Crippen molar-refractivity contribution in [2.75, 3.05) is 7.11 Å². The van der Waals surface area contributed by atoms with Crippen molar-refractivity contribution in [3.63, 3.8) is 0 Å². The lowest BCUT2D eigenvalue weighted by Crippen LogP contribution is -2.35. The summed E-state index contributed by atoms with van der Waals surface area (Å²) in [6.07, 6.45) is 6.28. The van der Waals surface area contributed by atoms with Crippen LogP contribution in [0.5, 0.6) is 5.75 Å². The molecule has 1 aliphatic carbocycles. The van der Waals surface area contributed by atoms with Crippen LogP contribution in [-0.4, -0.2) is 42.2 Å². The van der Waals surface area contributed by atoms with Crippen molar-refractivity contribution in [1.29, 1.82) is 0 Å². The Labute approximate surface area is 276 Å². The molecular weight excluding hydrogens is 608 g/mol. The molecule has 11 nitrogen and oxygen atoms in total. The van der Waals surface area contributed by atoms with Crippen molar-refractivity contribution in [2.45, 2.75) is 57.9 Å². The van der Waals surface area contributed by atoms with E-state index in [0.29, 0.717) is 61.3 Å². The van der Waals surface area contributed by atoms with E-state index in [9.17, 15) is 14.4 Å². The van der Waals surface area contributed by atoms with Crippen LogP contribution in [0.25, 0.3) is 28.3 Å². The lowest BCUT2D eigenvalue weighted by molar-refractivity contribution is 0.0874. The van der Waals surface area contributed by atoms with E-state index in [0.717, 1.165) is 40.1 Å². The van der Waals surface area contributed by atoms with Gasteiger partial charge in [-0.05, 0) is 73.1 Å². The number of ether oxygens (including phenoxy) is 1. The zero-order valence-corrected chi connectivity index (χ0v) is 26.9. The van der Waals surface area contributed by atoms with E-state index >= 15 is 0 Å². The largest absolute Gasteiger partial charge is 0.497 e. The van der Waals surface area contributed by atoms with Gasteiger partial charge in [0.2, 0.25) is 5.78 Å². The molecule has 1 N–H and O–H groups in total. The third-order valence-corrected chi connectivity index (χ3v) is 9.39. The SMILES string of the molecule is CCCc1c(Cc2ccc(-c3ccccc3-c3noc(=O)[nH]3)cc2)c(=O)n(C2CCC(C(=O)c3ccc(OC)cc3)CC2)c2ncnn12. The Morgan fingerprint density at radius 1 is 0.958 bits per heavy atom. The molecule has 0 bridgehead atoms. The van der Waals surface area contributed by atoms with Crippen LogP contribution >= 0.6 is 0 Å². The number of methoxy groups -OCH3 is 1. The summed E-state index contributed by atoms with van der Waals surface area (Å²) in [6, 6.07) is 22.9. The molecule has 1 fully saturated rings. The Hall–Kier alpha value is -5.58. The Bertz CT molecular complexity index is 2180. The smallest absolute Gasteiger partial charge is 0.439 e. The highest BCUT2D eigenvalue weighted by molar-refractivity contribution is 5.98. The molecule has 11 heteroatoms.